The smallest absolute Gasteiger partial charge is 0.232 e. The molecule has 130 valence electrons. The normalized spacial score (nSPS) is 11.0. The average Bonchev–Trinajstić information content (AvgIpc) is 2.96. The van der Waals surface area contributed by atoms with Crippen molar-refractivity contribution in [3.8, 4) is 5.75 Å². The van der Waals surface area contributed by atoms with E-state index >= 15 is 0 Å². The molecule has 0 saturated carbocycles. The van der Waals surface area contributed by atoms with Gasteiger partial charge in [0.1, 0.15) is 12.1 Å². The maximum atomic E-state index is 12.5. The zero-order chi connectivity index (χ0) is 18.0. The van der Waals surface area contributed by atoms with Crippen molar-refractivity contribution in [2.45, 2.75) is 26.7 Å². The molecule has 0 aliphatic carbocycles. The van der Waals surface area contributed by atoms with E-state index in [-0.39, 0.29) is 5.91 Å². The molecule has 3 aromatic rings. The molecule has 25 heavy (non-hydrogen) atoms. The van der Waals surface area contributed by atoms with Crippen LogP contribution in [0.15, 0.2) is 36.7 Å². The van der Waals surface area contributed by atoms with Crippen LogP contribution in [0.2, 0.25) is 10.0 Å². The summed E-state index contributed by atoms with van der Waals surface area (Å²) in [4.78, 5) is 16.8. The molecule has 2 aromatic carbocycles. The fraction of sp³-hybridized carbons (Fsp3) is 0.263. The molecule has 0 atom stereocenters. The van der Waals surface area contributed by atoms with Gasteiger partial charge >= 0.3 is 0 Å². The quantitative estimate of drug-likeness (QED) is 0.555. The second-order valence-corrected chi connectivity index (χ2v) is 6.80. The highest BCUT2D eigenvalue weighted by Gasteiger charge is 2.11. The van der Waals surface area contributed by atoms with Crippen LogP contribution in [-0.2, 0) is 0 Å². The Balaban J connectivity index is 1.60. The van der Waals surface area contributed by atoms with E-state index in [0.717, 1.165) is 16.6 Å². The molecule has 0 bridgehead atoms. The van der Waals surface area contributed by atoms with Gasteiger partial charge in [0.25, 0.3) is 0 Å². The maximum absolute atomic E-state index is 12.5. The first-order valence-corrected chi connectivity index (χ1v) is 8.76. The first-order valence-electron chi connectivity index (χ1n) is 8.01. The minimum atomic E-state index is -0.00319. The summed E-state index contributed by atoms with van der Waals surface area (Å²) in [5, 5.41) is 1.02. The molecule has 0 radical (unpaired) electrons. The molecule has 0 unspecified atom stereocenters. The van der Waals surface area contributed by atoms with Crippen LogP contribution in [-0.4, -0.2) is 22.1 Å². The van der Waals surface area contributed by atoms with Crippen LogP contribution in [0.5, 0.6) is 5.75 Å². The van der Waals surface area contributed by atoms with E-state index in [1.54, 1.807) is 29.1 Å². The van der Waals surface area contributed by atoms with Gasteiger partial charge in [-0.25, -0.2) is 4.98 Å². The van der Waals surface area contributed by atoms with Crippen LogP contribution in [0.3, 0.4) is 0 Å². The summed E-state index contributed by atoms with van der Waals surface area (Å²) in [6, 6.07) is 9.07. The number of carbonyl (C=O) groups excluding carboxylic acids is 1. The van der Waals surface area contributed by atoms with Gasteiger partial charge in [-0.2, -0.15) is 0 Å². The number of nitrogens with zero attached hydrogens (tertiary/aromatic N) is 2. The summed E-state index contributed by atoms with van der Waals surface area (Å²) >= 11 is 11.9. The number of ether oxygens (including phenoxy) is 1. The second kappa shape index (κ2) is 7.46. The van der Waals surface area contributed by atoms with Crippen molar-refractivity contribution in [1.82, 2.24) is 9.55 Å². The van der Waals surface area contributed by atoms with E-state index in [1.807, 2.05) is 26.0 Å². The molecular formula is C19H18Cl2N2O2. The van der Waals surface area contributed by atoms with E-state index in [0.29, 0.717) is 35.2 Å². The number of aromatic nitrogens is 2. The van der Waals surface area contributed by atoms with E-state index in [2.05, 4.69) is 4.98 Å². The lowest BCUT2D eigenvalue weighted by Gasteiger charge is -2.08. The number of carbonyl (C=O) groups is 1. The predicted octanol–water partition coefficient (Wildman–Crippen LogP) is 5.46. The number of benzene rings is 2. The van der Waals surface area contributed by atoms with Gasteiger partial charge in [-0.05, 0) is 61.7 Å². The van der Waals surface area contributed by atoms with Crippen molar-refractivity contribution < 1.29 is 9.53 Å². The van der Waals surface area contributed by atoms with Gasteiger partial charge in [-0.3, -0.25) is 9.36 Å². The number of hydrogen-bond donors (Lipinski definition) is 0. The minimum Gasteiger partial charge on any atom is -0.492 e. The zero-order valence-corrected chi connectivity index (χ0v) is 15.6. The molecule has 0 aliphatic rings. The molecule has 0 N–H and O–H groups in total. The van der Waals surface area contributed by atoms with Crippen LogP contribution < -0.4 is 4.74 Å². The minimum absolute atomic E-state index is 0.00319. The summed E-state index contributed by atoms with van der Waals surface area (Å²) in [6.07, 6.45) is 2.54. The standard InChI is InChI=1S/C19H18Cl2N2O2/c1-12-8-16-17(9-13(12)2)23(11-22-16)19(24)4-3-7-25-18-6-5-14(20)10-15(18)21/h5-6,8-11H,3-4,7H2,1-2H3. The van der Waals surface area contributed by atoms with Crippen molar-refractivity contribution in [3.63, 3.8) is 0 Å². The Hall–Kier alpha value is -2.04. The molecule has 4 nitrogen and oxygen atoms in total. The summed E-state index contributed by atoms with van der Waals surface area (Å²) in [6.45, 7) is 4.47. The number of halogens is 2. The average molecular weight is 377 g/mol. The van der Waals surface area contributed by atoms with E-state index in [4.69, 9.17) is 27.9 Å². The second-order valence-electron chi connectivity index (χ2n) is 5.96. The third-order valence-electron chi connectivity index (χ3n) is 4.12. The van der Waals surface area contributed by atoms with Gasteiger partial charge in [-0.15, -0.1) is 0 Å². The SMILES string of the molecule is Cc1cc2ncn(C(=O)CCCOc3ccc(Cl)cc3Cl)c2cc1C. The summed E-state index contributed by atoms with van der Waals surface area (Å²) in [5.74, 6) is 0.564. The lowest BCUT2D eigenvalue weighted by Crippen LogP contribution is -2.11. The topological polar surface area (TPSA) is 44.1 Å². The summed E-state index contributed by atoms with van der Waals surface area (Å²) in [5.41, 5.74) is 3.98. The molecule has 0 saturated heterocycles. The van der Waals surface area contributed by atoms with E-state index < -0.39 is 0 Å². The number of aryl methyl sites for hydroxylation is 2. The fourth-order valence-electron chi connectivity index (χ4n) is 2.58. The Bertz CT molecular complexity index is 935. The van der Waals surface area contributed by atoms with Crippen molar-refractivity contribution >= 4 is 40.1 Å². The van der Waals surface area contributed by atoms with Crippen LogP contribution in [0.1, 0.15) is 28.8 Å². The molecular weight excluding hydrogens is 359 g/mol. The largest absolute Gasteiger partial charge is 0.492 e. The summed E-state index contributed by atoms with van der Waals surface area (Å²) < 4.78 is 7.22. The molecule has 6 heteroatoms. The van der Waals surface area contributed by atoms with Gasteiger partial charge < -0.3 is 4.74 Å². The Labute approximate surface area is 156 Å². The van der Waals surface area contributed by atoms with Gasteiger partial charge in [0.15, 0.2) is 0 Å². The highest BCUT2D eigenvalue weighted by atomic mass is 35.5. The molecule has 0 fully saturated rings. The van der Waals surface area contributed by atoms with Crippen LogP contribution >= 0.6 is 23.2 Å². The fourth-order valence-corrected chi connectivity index (χ4v) is 3.04. The Kier molecular flexibility index (Phi) is 5.30. The van der Waals surface area contributed by atoms with Crippen molar-refractivity contribution in [2.24, 2.45) is 0 Å². The number of hydrogen-bond acceptors (Lipinski definition) is 3. The van der Waals surface area contributed by atoms with Crippen molar-refractivity contribution in [2.75, 3.05) is 6.61 Å². The Morgan fingerprint density at radius 1 is 1.16 bits per heavy atom. The first kappa shape index (κ1) is 17.8. The van der Waals surface area contributed by atoms with Crippen LogP contribution in [0.25, 0.3) is 11.0 Å². The van der Waals surface area contributed by atoms with Gasteiger partial charge in [-0.1, -0.05) is 23.2 Å². The van der Waals surface area contributed by atoms with E-state index in [9.17, 15) is 4.79 Å². The number of imidazole rings is 1. The third kappa shape index (κ3) is 3.97. The Morgan fingerprint density at radius 3 is 2.68 bits per heavy atom. The predicted molar refractivity (Wildman–Crippen MR) is 101 cm³/mol. The Morgan fingerprint density at radius 2 is 1.92 bits per heavy atom. The monoisotopic (exact) mass is 376 g/mol. The summed E-state index contributed by atoms with van der Waals surface area (Å²) in [7, 11) is 0. The molecule has 0 aliphatic heterocycles. The third-order valence-corrected chi connectivity index (χ3v) is 4.65. The van der Waals surface area contributed by atoms with Gasteiger partial charge in [0.2, 0.25) is 5.91 Å². The lowest BCUT2D eigenvalue weighted by molar-refractivity contribution is 0.0898. The van der Waals surface area contributed by atoms with Crippen molar-refractivity contribution in [1.29, 1.82) is 0 Å². The van der Waals surface area contributed by atoms with Crippen molar-refractivity contribution in [3.05, 3.63) is 57.8 Å². The number of rotatable bonds is 5. The molecule has 0 amide bonds. The zero-order valence-electron chi connectivity index (χ0n) is 14.1. The lowest BCUT2D eigenvalue weighted by atomic mass is 10.1. The maximum Gasteiger partial charge on any atom is 0.232 e. The first-order chi connectivity index (χ1) is 12.0. The molecule has 1 aromatic heterocycles. The highest BCUT2D eigenvalue weighted by molar-refractivity contribution is 6.35. The molecule has 0 spiro atoms. The highest BCUT2D eigenvalue weighted by Crippen LogP contribution is 2.27. The van der Waals surface area contributed by atoms with Gasteiger partial charge in [0, 0.05) is 11.4 Å². The van der Waals surface area contributed by atoms with Gasteiger partial charge in [0.05, 0.1) is 22.7 Å². The van der Waals surface area contributed by atoms with Crippen LogP contribution in [0.4, 0.5) is 0 Å². The number of fused-ring (bicyclic) bond motifs is 1. The molecule has 1 heterocycles. The van der Waals surface area contributed by atoms with Crippen LogP contribution in [0, 0.1) is 13.8 Å². The van der Waals surface area contributed by atoms with E-state index in [1.165, 1.54) is 5.56 Å². The molecule has 3 rings (SSSR count).